The molecule has 4 atom stereocenters. The SMILES string of the molecule is CC(C)(C)OC(=O)N(c1nc(N)nc2c1cnn2[C@@H]1O[C@H](CO[Si](c2ccccc2)(c2ccccc2)C(C)(C)C)[C@H]2OC(C)(C)O[C@H]21)C1CCCC1. The quantitative estimate of drug-likeness (QED) is 0.213. The van der Waals surface area contributed by atoms with Crippen molar-refractivity contribution in [3.05, 3.63) is 66.9 Å². The molecular formula is C39H52N6O6Si. The third kappa shape index (κ3) is 6.73. The lowest BCUT2D eigenvalue weighted by Crippen LogP contribution is -2.67. The van der Waals surface area contributed by atoms with Crippen molar-refractivity contribution in [2.45, 2.75) is 128 Å². The Labute approximate surface area is 307 Å². The molecule has 2 aromatic carbocycles. The number of nitrogens with zero attached hydrogens (tertiary/aromatic N) is 5. The second-order valence-corrected chi connectivity index (χ2v) is 20.9. The topological polar surface area (TPSA) is 136 Å². The van der Waals surface area contributed by atoms with E-state index in [9.17, 15) is 4.79 Å². The number of hydrogen-bond donors (Lipinski definition) is 1. The van der Waals surface area contributed by atoms with Crippen LogP contribution in [0.25, 0.3) is 11.0 Å². The number of nitrogen functional groups attached to an aromatic ring is 1. The Hall–Kier alpha value is -3.88. The van der Waals surface area contributed by atoms with Gasteiger partial charge in [-0.15, -0.1) is 0 Å². The number of aromatic nitrogens is 4. The predicted molar refractivity (Wildman–Crippen MR) is 202 cm³/mol. The van der Waals surface area contributed by atoms with Gasteiger partial charge >= 0.3 is 6.09 Å². The highest BCUT2D eigenvalue weighted by atomic mass is 28.4. The van der Waals surface area contributed by atoms with Crippen LogP contribution in [0.3, 0.4) is 0 Å². The number of rotatable bonds is 8. The summed E-state index contributed by atoms with van der Waals surface area (Å²) in [5.74, 6) is -0.480. The molecule has 0 radical (unpaired) electrons. The van der Waals surface area contributed by atoms with Crippen LogP contribution in [0.15, 0.2) is 66.9 Å². The number of carbonyl (C=O) groups is 1. The highest BCUT2D eigenvalue weighted by Gasteiger charge is 2.58. The summed E-state index contributed by atoms with van der Waals surface area (Å²) in [6.45, 7) is 16.4. The molecule has 0 bridgehead atoms. The average Bonchev–Trinajstić information content (AvgIpc) is 3.86. The standard InChI is InChI=1S/C39H52N6O6Si/c1-37(2,3)51-36(46)44(25-17-15-16-18-25)32-28-23-41-45(33(28)43-35(40)42-32)34-31-30(49-39(7,8)50-31)29(48-34)24-47-52(38(4,5)6,26-19-11-9-12-20-26)27-21-13-10-14-22-27/h9-14,19-23,25,29-31,34H,15-18,24H2,1-8H3,(H2,40,42,43)/t29-,30-,31-,34-/m1/s1. The minimum atomic E-state index is -2.88. The summed E-state index contributed by atoms with van der Waals surface area (Å²) in [5, 5.41) is 7.50. The van der Waals surface area contributed by atoms with E-state index in [0.29, 0.717) is 16.9 Å². The number of fused-ring (bicyclic) bond motifs is 2. The van der Waals surface area contributed by atoms with Crippen molar-refractivity contribution in [1.82, 2.24) is 19.7 Å². The first kappa shape index (κ1) is 36.5. The maximum Gasteiger partial charge on any atom is 0.416 e. The average molecular weight is 729 g/mol. The van der Waals surface area contributed by atoms with Gasteiger partial charge in [0.05, 0.1) is 18.2 Å². The van der Waals surface area contributed by atoms with Gasteiger partial charge in [0.1, 0.15) is 23.9 Å². The first-order valence-electron chi connectivity index (χ1n) is 18.4. The molecule has 2 saturated heterocycles. The van der Waals surface area contributed by atoms with Crippen molar-refractivity contribution in [2.75, 3.05) is 17.2 Å². The fraction of sp³-hybridized carbons (Fsp3) is 0.538. The maximum absolute atomic E-state index is 13.8. The summed E-state index contributed by atoms with van der Waals surface area (Å²) in [6.07, 6.45) is 2.69. The molecule has 3 fully saturated rings. The number of ether oxygens (including phenoxy) is 4. The van der Waals surface area contributed by atoms with Crippen LogP contribution in [0.1, 0.15) is 87.3 Å². The summed E-state index contributed by atoms with van der Waals surface area (Å²) in [7, 11) is -2.88. The zero-order valence-electron chi connectivity index (χ0n) is 31.5. The molecule has 7 rings (SSSR count). The molecule has 0 unspecified atom stereocenters. The molecule has 2 aliphatic heterocycles. The van der Waals surface area contributed by atoms with E-state index in [1.54, 1.807) is 15.8 Å². The van der Waals surface area contributed by atoms with Crippen LogP contribution in [-0.2, 0) is 23.4 Å². The molecule has 2 N–H and O–H groups in total. The summed E-state index contributed by atoms with van der Waals surface area (Å²) in [5.41, 5.74) is 6.12. The van der Waals surface area contributed by atoms with Crippen molar-refractivity contribution in [3.63, 3.8) is 0 Å². The van der Waals surface area contributed by atoms with Gasteiger partial charge in [-0.05, 0) is 62.9 Å². The number of amides is 1. The van der Waals surface area contributed by atoms with Crippen LogP contribution in [0.5, 0.6) is 0 Å². The third-order valence-electron chi connectivity index (χ3n) is 10.2. The Morgan fingerprint density at radius 2 is 1.54 bits per heavy atom. The Morgan fingerprint density at radius 1 is 0.942 bits per heavy atom. The van der Waals surface area contributed by atoms with Crippen LogP contribution in [0.2, 0.25) is 5.04 Å². The first-order valence-corrected chi connectivity index (χ1v) is 20.3. The molecule has 1 amide bonds. The molecule has 1 saturated carbocycles. The summed E-state index contributed by atoms with van der Waals surface area (Å²) < 4.78 is 34.8. The molecule has 12 nitrogen and oxygen atoms in total. The van der Waals surface area contributed by atoms with Crippen LogP contribution in [0.4, 0.5) is 16.6 Å². The lowest BCUT2D eigenvalue weighted by Gasteiger charge is -2.43. The number of benzene rings is 2. The van der Waals surface area contributed by atoms with Gasteiger partial charge in [-0.25, -0.2) is 9.48 Å². The van der Waals surface area contributed by atoms with E-state index in [1.807, 2.05) is 46.8 Å². The molecule has 2 aromatic heterocycles. The monoisotopic (exact) mass is 728 g/mol. The molecule has 13 heteroatoms. The van der Waals surface area contributed by atoms with E-state index in [4.69, 9.17) is 34.2 Å². The lowest BCUT2D eigenvalue weighted by molar-refractivity contribution is -0.200. The normalized spacial score (nSPS) is 23.6. The summed E-state index contributed by atoms with van der Waals surface area (Å²) in [6, 6.07) is 21.0. The zero-order valence-corrected chi connectivity index (χ0v) is 32.5. The van der Waals surface area contributed by atoms with E-state index in [0.717, 1.165) is 25.7 Å². The second kappa shape index (κ2) is 13.5. The predicted octanol–water partition coefficient (Wildman–Crippen LogP) is 6.09. The molecule has 4 heterocycles. The van der Waals surface area contributed by atoms with Gasteiger partial charge in [0.2, 0.25) is 5.95 Å². The van der Waals surface area contributed by atoms with Gasteiger partial charge < -0.3 is 29.1 Å². The van der Waals surface area contributed by atoms with E-state index in [1.165, 1.54) is 10.4 Å². The second-order valence-electron chi connectivity index (χ2n) is 16.6. The van der Waals surface area contributed by atoms with Gasteiger partial charge in [-0.2, -0.15) is 15.1 Å². The van der Waals surface area contributed by atoms with Gasteiger partial charge in [0.25, 0.3) is 8.32 Å². The molecule has 1 aliphatic carbocycles. The van der Waals surface area contributed by atoms with Gasteiger partial charge in [-0.3, -0.25) is 4.90 Å². The number of carbonyl (C=O) groups excluding carboxylic acids is 1. The molecule has 0 spiro atoms. The highest BCUT2D eigenvalue weighted by molar-refractivity contribution is 6.99. The molecular weight excluding hydrogens is 677 g/mol. The van der Waals surface area contributed by atoms with Crippen molar-refractivity contribution >= 4 is 47.6 Å². The van der Waals surface area contributed by atoms with Gasteiger partial charge in [-0.1, -0.05) is 94.3 Å². The van der Waals surface area contributed by atoms with Gasteiger partial charge in [0.15, 0.2) is 23.5 Å². The fourth-order valence-electron chi connectivity index (χ4n) is 8.14. The number of hydrogen-bond acceptors (Lipinski definition) is 10. The Balaban J connectivity index is 1.26. The Bertz CT molecular complexity index is 1850. The van der Waals surface area contributed by atoms with E-state index >= 15 is 0 Å². The Morgan fingerprint density at radius 3 is 2.12 bits per heavy atom. The number of anilines is 2. The molecule has 278 valence electrons. The fourth-order valence-corrected chi connectivity index (χ4v) is 12.7. The van der Waals surface area contributed by atoms with Crippen LogP contribution < -0.4 is 21.0 Å². The number of nitrogens with two attached hydrogens (primary N) is 1. The minimum absolute atomic E-state index is 0.0147. The highest BCUT2D eigenvalue weighted by Crippen LogP contribution is 2.45. The van der Waals surface area contributed by atoms with Crippen molar-refractivity contribution in [1.29, 1.82) is 0 Å². The van der Waals surface area contributed by atoms with Crippen molar-refractivity contribution < 1.29 is 28.2 Å². The van der Waals surface area contributed by atoms with E-state index < -0.39 is 50.3 Å². The smallest absolute Gasteiger partial charge is 0.416 e. The maximum atomic E-state index is 13.8. The summed E-state index contributed by atoms with van der Waals surface area (Å²) in [4.78, 5) is 24.6. The zero-order chi connectivity index (χ0) is 37.1. The third-order valence-corrected chi connectivity index (χ3v) is 15.2. The largest absolute Gasteiger partial charge is 0.443 e. The van der Waals surface area contributed by atoms with Crippen molar-refractivity contribution in [2.24, 2.45) is 0 Å². The van der Waals surface area contributed by atoms with Crippen LogP contribution >= 0.6 is 0 Å². The molecule has 52 heavy (non-hydrogen) atoms. The lowest BCUT2D eigenvalue weighted by atomic mass is 10.1. The summed E-state index contributed by atoms with van der Waals surface area (Å²) >= 11 is 0. The van der Waals surface area contributed by atoms with Crippen LogP contribution in [0, 0.1) is 0 Å². The first-order chi connectivity index (χ1) is 24.6. The Kier molecular flexibility index (Phi) is 9.48. The van der Waals surface area contributed by atoms with Gasteiger partial charge in [0, 0.05) is 6.04 Å². The minimum Gasteiger partial charge on any atom is -0.443 e. The van der Waals surface area contributed by atoms with E-state index in [2.05, 4.69) is 79.3 Å². The molecule has 4 aromatic rings. The van der Waals surface area contributed by atoms with Crippen molar-refractivity contribution in [3.8, 4) is 0 Å². The van der Waals surface area contributed by atoms with Crippen LogP contribution in [-0.4, -0.2) is 76.5 Å². The molecule has 3 aliphatic rings. The van der Waals surface area contributed by atoms with E-state index in [-0.39, 0.29) is 23.6 Å².